The number of nitrogens with one attached hydrogen (secondary N) is 2. The van der Waals surface area contributed by atoms with Crippen molar-refractivity contribution in [3.8, 4) is 0 Å². The molecule has 0 atom stereocenters. The maximum Gasteiger partial charge on any atom is 0.261 e. The van der Waals surface area contributed by atoms with Crippen LogP contribution in [0.15, 0.2) is 47.6 Å². The van der Waals surface area contributed by atoms with Gasteiger partial charge in [-0.05, 0) is 44.2 Å². The van der Waals surface area contributed by atoms with Crippen molar-refractivity contribution in [2.24, 2.45) is 0 Å². The summed E-state index contributed by atoms with van der Waals surface area (Å²) in [6.45, 7) is 3.66. The molecule has 0 unspecified atom stereocenters. The molecule has 0 aliphatic heterocycles. The zero-order chi connectivity index (χ0) is 17.0. The first-order chi connectivity index (χ1) is 10.8. The molecule has 0 spiro atoms. The number of pyridine rings is 1. The van der Waals surface area contributed by atoms with E-state index in [9.17, 15) is 13.2 Å². The Kier molecular flexibility index (Phi) is 5.23. The third kappa shape index (κ3) is 4.67. The van der Waals surface area contributed by atoms with Gasteiger partial charge in [-0.15, -0.1) is 0 Å². The van der Waals surface area contributed by atoms with Crippen LogP contribution in [0, 0.1) is 0 Å². The number of hydrogen-bond donors (Lipinski definition) is 2. The standard InChI is InChI=1S/C15H16ClN3O3S/c1-10(2)18-15(20)11-7-13(9-17-8-11)19-23(21,22)14-5-3-12(16)4-6-14/h3-10,19H,1-2H3,(H,18,20). The topological polar surface area (TPSA) is 88.2 Å². The first-order valence-electron chi connectivity index (χ1n) is 6.82. The highest BCUT2D eigenvalue weighted by atomic mass is 35.5. The predicted octanol–water partition coefficient (Wildman–Crippen LogP) is 2.67. The number of rotatable bonds is 5. The number of carbonyl (C=O) groups is 1. The van der Waals surface area contributed by atoms with Crippen LogP contribution >= 0.6 is 11.6 Å². The molecule has 1 amide bonds. The van der Waals surface area contributed by atoms with Crippen molar-refractivity contribution >= 4 is 33.2 Å². The Morgan fingerprint density at radius 3 is 2.43 bits per heavy atom. The summed E-state index contributed by atoms with van der Waals surface area (Å²) in [6.07, 6.45) is 2.71. The second kappa shape index (κ2) is 6.97. The molecule has 2 aromatic rings. The van der Waals surface area contributed by atoms with Crippen molar-refractivity contribution in [2.45, 2.75) is 24.8 Å². The van der Waals surface area contributed by atoms with E-state index in [1.807, 2.05) is 13.8 Å². The molecule has 2 N–H and O–H groups in total. The number of nitrogens with zero attached hydrogens (tertiary/aromatic N) is 1. The molecule has 6 nitrogen and oxygen atoms in total. The lowest BCUT2D eigenvalue weighted by Gasteiger charge is -2.11. The van der Waals surface area contributed by atoms with E-state index >= 15 is 0 Å². The number of aromatic nitrogens is 1. The molecule has 0 bridgehead atoms. The summed E-state index contributed by atoms with van der Waals surface area (Å²) >= 11 is 5.75. The van der Waals surface area contributed by atoms with Crippen molar-refractivity contribution in [3.05, 3.63) is 53.3 Å². The minimum absolute atomic E-state index is 0.0306. The Morgan fingerprint density at radius 2 is 1.83 bits per heavy atom. The van der Waals surface area contributed by atoms with Gasteiger partial charge in [0.05, 0.1) is 22.3 Å². The second-order valence-electron chi connectivity index (χ2n) is 5.15. The molecule has 0 saturated carbocycles. The molecule has 1 aromatic carbocycles. The Hall–Kier alpha value is -2.12. The van der Waals surface area contributed by atoms with E-state index in [0.717, 1.165) is 0 Å². The van der Waals surface area contributed by atoms with Gasteiger partial charge in [-0.25, -0.2) is 8.42 Å². The van der Waals surface area contributed by atoms with E-state index in [2.05, 4.69) is 15.0 Å². The largest absolute Gasteiger partial charge is 0.350 e. The first kappa shape index (κ1) is 17.2. The molecule has 23 heavy (non-hydrogen) atoms. The van der Waals surface area contributed by atoms with Crippen molar-refractivity contribution < 1.29 is 13.2 Å². The minimum atomic E-state index is -3.78. The number of carbonyl (C=O) groups excluding carboxylic acids is 1. The maximum atomic E-state index is 12.3. The molecular weight excluding hydrogens is 338 g/mol. The highest BCUT2D eigenvalue weighted by molar-refractivity contribution is 7.92. The molecule has 2 rings (SSSR count). The fraction of sp³-hybridized carbons (Fsp3) is 0.200. The molecule has 8 heteroatoms. The molecule has 0 radical (unpaired) electrons. The summed E-state index contributed by atoms with van der Waals surface area (Å²) < 4.78 is 27.0. The SMILES string of the molecule is CC(C)NC(=O)c1cncc(NS(=O)(=O)c2ccc(Cl)cc2)c1. The van der Waals surface area contributed by atoms with Gasteiger partial charge in [0.15, 0.2) is 0 Å². The van der Waals surface area contributed by atoms with Crippen molar-refractivity contribution in [2.75, 3.05) is 4.72 Å². The Balaban J connectivity index is 2.23. The Morgan fingerprint density at radius 1 is 1.17 bits per heavy atom. The average molecular weight is 354 g/mol. The lowest BCUT2D eigenvalue weighted by atomic mass is 10.2. The van der Waals surface area contributed by atoms with Gasteiger partial charge in [-0.1, -0.05) is 11.6 Å². The zero-order valence-corrected chi connectivity index (χ0v) is 14.1. The van der Waals surface area contributed by atoms with E-state index in [1.165, 1.54) is 42.7 Å². The van der Waals surface area contributed by atoms with E-state index in [4.69, 9.17) is 11.6 Å². The number of benzene rings is 1. The van der Waals surface area contributed by atoms with Crippen LogP contribution in [0.3, 0.4) is 0 Å². The number of hydrogen-bond acceptors (Lipinski definition) is 4. The van der Waals surface area contributed by atoms with Gasteiger partial charge in [0.1, 0.15) is 0 Å². The summed E-state index contributed by atoms with van der Waals surface area (Å²) in [5.74, 6) is -0.319. The monoisotopic (exact) mass is 353 g/mol. The average Bonchev–Trinajstić information content (AvgIpc) is 2.46. The molecule has 0 aliphatic carbocycles. The van der Waals surface area contributed by atoms with Crippen LogP contribution in [0.4, 0.5) is 5.69 Å². The summed E-state index contributed by atoms with van der Waals surface area (Å²) in [6, 6.07) is 7.16. The third-order valence-electron chi connectivity index (χ3n) is 2.80. The van der Waals surface area contributed by atoms with Crippen LogP contribution in [-0.2, 0) is 10.0 Å². The lowest BCUT2D eigenvalue weighted by molar-refractivity contribution is 0.0943. The van der Waals surface area contributed by atoms with Crippen molar-refractivity contribution in [1.29, 1.82) is 0 Å². The fourth-order valence-corrected chi connectivity index (χ4v) is 2.95. The van der Waals surface area contributed by atoms with Crippen LogP contribution in [-0.4, -0.2) is 25.4 Å². The normalized spacial score (nSPS) is 11.3. The Bertz CT molecular complexity index is 805. The fourth-order valence-electron chi connectivity index (χ4n) is 1.79. The lowest BCUT2D eigenvalue weighted by Crippen LogP contribution is -2.30. The van der Waals surface area contributed by atoms with Crippen LogP contribution in [0.1, 0.15) is 24.2 Å². The zero-order valence-electron chi connectivity index (χ0n) is 12.6. The third-order valence-corrected chi connectivity index (χ3v) is 4.45. The summed E-state index contributed by atoms with van der Waals surface area (Å²) in [5.41, 5.74) is 0.478. The van der Waals surface area contributed by atoms with Crippen LogP contribution < -0.4 is 10.0 Å². The van der Waals surface area contributed by atoms with Crippen LogP contribution in [0.5, 0.6) is 0 Å². The highest BCUT2D eigenvalue weighted by Gasteiger charge is 2.15. The van der Waals surface area contributed by atoms with E-state index < -0.39 is 10.0 Å². The predicted molar refractivity (Wildman–Crippen MR) is 89.1 cm³/mol. The number of sulfonamides is 1. The molecule has 0 fully saturated rings. The molecular formula is C15H16ClN3O3S. The number of halogens is 1. The molecule has 122 valence electrons. The summed E-state index contributed by atoms with van der Waals surface area (Å²) in [7, 11) is -3.78. The van der Waals surface area contributed by atoms with Gasteiger partial charge in [0.25, 0.3) is 15.9 Å². The van der Waals surface area contributed by atoms with Gasteiger partial charge in [-0.3, -0.25) is 14.5 Å². The molecule has 0 aliphatic rings. The molecule has 1 aromatic heterocycles. The van der Waals surface area contributed by atoms with Crippen molar-refractivity contribution in [3.63, 3.8) is 0 Å². The van der Waals surface area contributed by atoms with E-state index in [-0.39, 0.29) is 28.1 Å². The summed E-state index contributed by atoms with van der Waals surface area (Å²) in [5, 5.41) is 3.16. The minimum Gasteiger partial charge on any atom is -0.350 e. The van der Waals surface area contributed by atoms with Gasteiger partial charge < -0.3 is 5.32 Å². The smallest absolute Gasteiger partial charge is 0.261 e. The quantitative estimate of drug-likeness (QED) is 0.865. The van der Waals surface area contributed by atoms with Crippen LogP contribution in [0.2, 0.25) is 5.02 Å². The number of amides is 1. The maximum absolute atomic E-state index is 12.3. The molecule has 0 saturated heterocycles. The summed E-state index contributed by atoms with van der Waals surface area (Å²) in [4.78, 5) is 15.9. The highest BCUT2D eigenvalue weighted by Crippen LogP contribution is 2.18. The van der Waals surface area contributed by atoms with Gasteiger partial charge in [0.2, 0.25) is 0 Å². The Labute approximate surface area is 139 Å². The molecule has 1 heterocycles. The van der Waals surface area contributed by atoms with Crippen molar-refractivity contribution in [1.82, 2.24) is 10.3 Å². The second-order valence-corrected chi connectivity index (χ2v) is 7.27. The van der Waals surface area contributed by atoms with E-state index in [0.29, 0.717) is 5.02 Å². The van der Waals surface area contributed by atoms with Crippen LogP contribution in [0.25, 0.3) is 0 Å². The van der Waals surface area contributed by atoms with Gasteiger partial charge in [-0.2, -0.15) is 0 Å². The van der Waals surface area contributed by atoms with E-state index in [1.54, 1.807) is 0 Å². The number of anilines is 1. The van der Waals surface area contributed by atoms with Gasteiger partial charge in [0, 0.05) is 17.3 Å². The first-order valence-corrected chi connectivity index (χ1v) is 8.68. The van der Waals surface area contributed by atoms with Gasteiger partial charge >= 0.3 is 0 Å².